The molecule has 0 bridgehead atoms. The maximum Gasteiger partial charge on any atom is 0.308 e. The van der Waals surface area contributed by atoms with Crippen LogP contribution in [0.1, 0.15) is 16.2 Å². The Balaban J connectivity index is 1.57. The van der Waals surface area contributed by atoms with E-state index in [2.05, 4.69) is 15.5 Å². The molecule has 3 rings (SSSR count). The first-order valence-electron chi connectivity index (χ1n) is 7.24. The van der Waals surface area contributed by atoms with Gasteiger partial charge in [0.15, 0.2) is 0 Å². The predicted octanol–water partition coefficient (Wildman–Crippen LogP) is 3.50. The molecule has 1 heterocycles. The second-order valence-electron chi connectivity index (χ2n) is 5.05. The van der Waals surface area contributed by atoms with Crippen LogP contribution in [0.4, 0.5) is 4.39 Å². The number of hydrogen-bond donors (Lipinski definition) is 1. The Morgan fingerprint density at radius 2 is 1.79 bits per heavy atom. The molecule has 0 radical (unpaired) electrons. The second-order valence-corrected chi connectivity index (χ2v) is 5.49. The van der Waals surface area contributed by atoms with E-state index in [-0.39, 0.29) is 17.6 Å². The first-order valence-corrected chi connectivity index (χ1v) is 7.62. The number of nitrogens with one attached hydrogen (secondary N) is 1. The minimum absolute atomic E-state index is 0.112. The van der Waals surface area contributed by atoms with Crippen molar-refractivity contribution in [2.24, 2.45) is 0 Å². The highest BCUT2D eigenvalue weighted by Crippen LogP contribution is 2.20. The summed E-state index contributed by atoms with van der Waals surface area (Å²) in [6, 6.07) is 13.0. The zero-order valence-electron chi connectivity index (χ0n) is 12.5. The van der Waals surface area contributed by atoms with Crippen LogP contribution in [0.3, 0.4) is 0 Å². The maximum atomic E-state index is 12.8. The third kappa shape index (κ3) is 3.97. The number of rotatable bonds is 5. The zero-order chi connectivity index (χ0) is 16.9. The molecule has 0 aliphatic rings. The van der Waals surface area contributed by atoms with Crippen LogP contribution in [0.5, 0.6) is 0 Å². The molecule has 0 atom stereocenters. The number of nitrogens with zero attached hydrogens (tertiary/aromatic N) is 2. The molecule has 0 saturated heterocycles. The van der Waals surface area contributed by atoms with Crippen molar-refractivity contribution in [2.45, 2.75) is 6.42 Å². The van der Waals surface area contributed by atoms with E-state index in [4.69, 9.17) is 16.0 Å². The summed E-state index contributed by atoms with van der Waals surface area (Å²) in [6.45, 7) is 0.378. The van der Waals surface area contributed by atoms with Crippen LogP contribution in [-0.2, 0) is 6.42 Å². The summed E-state index contributed by atoms with van der Waals surface area (Å²) >= 11 is 5.82. The third-order valence-electron chi connectivity index (χ3n) is 3.32. The van der Waals surface area contributed by atoms with Crippen molar-refractivity contribution in [3.63, 3.8) is 0 Å². The monoisotopic (exact) mass is 345 g/mol. The third-order valence-corrected chi connectivity index (χ3v) is 3.57. The number of halogens is 2. The highest BCUT2D eigenvalue weighted by atomic mass is 35.5. The number of carbonyl (C=O) groups excluding carboxylic acids is 1. The van der Waals surface area contributed by atoms with Crippen molar-refractivity contribution in [2.75, 3.05) is 6.54 Å². The minimum Gasteiger partial charge on any atom is -0.412 e. The lowest BCUT2D eigenvalue weighted by atomic mass is 10.1. The van der Waals surface area contributed by atoms with Crippen LogP contribution >= 0.6 is 11.6 Å². The van der Waals surface area contributed by atoms with E-state index in [1.165, 1.54) is 12.1 Å². The van der Waals surface area contributed by atoms with Crippen LogP contribution in [-0.4, -0.2) is 22.6 Å². The maximum absolute atomic E-state index is 12.8. The fraction of sp³-hybridized carbons (Fsp3) is 0.118. The number of hydrogen-bond acceptors (Lipinski definition) is 4. The van der Waals surface area contributed by atoms with Crippen molar-refractivity contribution in [1.29, 1.82) is 0 Å². The van der Waals surface area contributed by atoms with Gasteiger partial charge in [0.1, 0.15) is 5.82 Å². The fourth-order valence-electron chi connectivity index (χ4n) is 2.07. The molecule has 122 valence electrons. The number of carbonyl (C=O) groups is 1. The SMILES string of the molecule is O=C(NCCc1ccc(F)cc1)c1nnc(-c2ccc(Cl)cc2)o1. The Labute approximate surface area is 142 Å². The molecule has 0 unspecified atom stereocenters. The van der Waals surface area contributed by atoms with Gasteiger partial charge in [-0.2, -0.15) is 0 Å². The molecule has 1 amide bonds. The van der Waals surface area contributed by atoms with Gasteiger partial charge < -0.3 is 9.73 Å². The van der Waals surface area contributed by atoms with Gasteiger partial charge in [-0.15, -0.1) is 10.2 Å². The molecule has 0 aliphatic heterocycles. The van der Waals surface area contributed by atoms with Crippen molar-refractivity contribution in [3.8, 4) is 11.5 Å². The van der Waals surface area contributed by atoms with Gasteiger partial charge in [0.25, 0.3) is 0 Å². The van der Waals surface area contributed by atoms with Crippen molar-refractivity contribution < 1.29 is 13.6 Å². The lowest BCUT2D eigenvalue weighted by Crippen LogP contribution is -2.26. The van der Waals surface area contributed by atoms with Crippen LogP contribution in [0.2, 0.25) is 5.02 Å². The van der Waals surface area contributed by atoms with Gasteiger partial charge in [-0.25, -0.2) is 4.39 Å². The van der Waals surface area contributed by atoms with Crippen LogP contribution < -0.4 is 5.32 Å². The molecular formula is C17H13ClFN3O2. The van der Waals surface area contributed by atoms with E-state index < -0.39 is 5.91 Å². The summed E-state index contributed by atoms with van der Waals surface area (Å²) in [6.07, 6.45) is 0.574. The van der Waals surface area contributed by atoms with Gasteiger partial charge in [0.2, 0.25) is 5.89 Å². The van der Waals surface area contributed by atoms with Gasteiger partial charge in [-0.3, -0.25) is 4.79 Å². The summed E-state index contributed by atoms with van der Waals surface area (Å²) in [5.74, 6) is -0.609. The molecule has 0 aliphatic carbocycles. The summed E-state index contributed by atoms with van der Waals surface area (Å²) in [5.41, 5.74) is 1.60. The van der Waals surface area contributed by atoms with Crippen LogP contribution in [0.25, 0.3) is 11.5 Å². The molecule has 1 aromatic heterocycles. The largest absolute Gasteiger partial charge is 0.412 e. The fourth-order valence-corrected chi connectivity index (χ4v) is 2.20. The molecule has 5 nitrogen and oxygen atoms in total. The highest BCUT2D eigenvalue weighted by molar-refractivity contribution is 6.30. The molecule has 7 heteroatoms. The Morgan fingerprint density at radius 1 is 1.08 bits per heavy atom. The average molecular weight is 346 g/mol. The first kappa shape index (κ1) is 16.1. The number of benzene rings is 2. The molecule has 2 aromatic carbocycles. The van der Waals surface area contributed by atoms with Crippen molar-refractivity contribution in [3.05, 3.63) is 70.8 Å². The van der Waals surface area contributed by atoms with Gasteiger partial charge >= 0.3 is 11.8 Å². The minimum atomic E-state index is -0.454. The first-order chi connectivity index (χ1) is 11.6. The van der Waals surface area contributed by atoms with Gasteiger partial charge in [-0.1, -0.05) is 23.7 Å². The molecule has 0 fully saturated rings. The Kier molecular flexibility index (Phi) is 4.86. The van der Waals surface area contributed by atoms with E-state index >= 15 is 0 Å². The normalized spacial score (nSPS) is 10.6. The Hall–Kier alpha value is -2.73. The van der Waals surface area contributed by atoms with E-state index in [1.54, 1.807) is 36.4 Å². The van der Waals surface area contributed by atoms with Crippen LogP contribution in [0.15, 0.2) is 52.9 Å². The lowest BCUT2D eigenvalue weighted by molar-refractivity contribution is 0.0920. The van der Waals surface area contributed by atoms with Gasteiger partial charge in [-0.05, 0) is 48.4 Å². The van der Waals surface area contributed by atoms with Crippen molar-refractivity contribution in [1.82, 2.24) is 15.5 Å². The summed E-state index contributed by atoms with van der Waals surface area (Å²) < 4.78 is 18.2. The van der Waals surface area contributed by atoms with E-state index in [0.29, 0.717) is 23.6 Å². The summed E-state index contributed by atoms with van der Waals surface area (Å²) in [4.78, 5) is 12.0. The molecule has 0 spiro atoms. The topological polar surface area (TPSA) is 68.0 Å². The Bertz CT molecular complexity index is 832. The molecule has 24 heavy (non-hydrogen) atoms. The summed E-state index contributed by atoms with van der Waals surface area (Å²) in [7, 11) is 0. The van der Waals surface area contributed by atoms with Gasteiger partial charge in [0, 0.05) is 17.1 Å². The lowest BCUT2D eigenvalue weighted by Gasteiger charge is -2.02. The molecule has 0 saturated carbocycles. The molecular weight excluding hydrogens is 333 g/mol. The van der Waals surface area contributed by atoms with Crippen LogP contribution in [0, 0.1) is 5.82 Å². The Morgan fingerprint density at radius 3 is 2.50 bits per heavy atom. The summed E-state index contributed by atoms with van der Waals surface area (Å²) in [5, 5.41) is 10.9. The van der Waals surface area contributed by atoms with Gasteiger partial charge in [0.05, 0.1) is 0 Å². The number of amides is 1. The van der Waals surface area contributed by atoms with Crippen molar-refractivity contribution >= 4 is 17.5 Å². The highest BCUT2D eigenvalue weighted by Gasteiger charge is 2.15. The second kappa shape index (κ2) is 7.23. The molecule has 1 N–H and O–H groups in total. The smallest absolute Gasteiger partial charge is 0.308 e. The quantitative estimate of drug-likeness (QED) is 0.768. The standard InChI is InChI=1S/C17H13ClFN3O2/c18-13-5-3-12(4-6-13)16-21-22-17(24-16)15(23)20-10-9-11-1-7-14(19)8-2-11/h1-8H,9-10H2,(H,20,23). The average Bonchev–Trinajstić information content (AvgIpc) is 3.07. The van der Waals surface area contributed by atoms with E-state index in [1.807, 2.05) is 0 Å². The predicted molar refractivity (Wildman–Crippen MR) is 87.2 cm³/mol. The van der Waals surface area contributed by atoms with E-state index in [0.717, 1.165) is 5.56 Å². The molecule has 3 aromatic rings. The zero-order valence-corrected chi connectivity index (χ0v) is 13.3. The number of aromatic nitrogens is 2. The van der Waals surface area contributed by atoms with E-state index in [9.17, 15) is 9.18 Å².